The molecule has 1 heterocycles. The summed E-state index contributed by atoms with van der Waals surface area (Å²) < 4.78 is 1.09. The van der Waals surface area contributed by atoms with Crippen LogP contribution in [0.4, 0.5) is 5.69 Å². The molecule has 8 heteroatoms. The van der Waals surface area contributed by atoms with Crippen LogP contribution in [0.2, 0.25) is 0 Å². The van der Waals surface area contributed by atoms with Crippen LogP contribution >= 0.6 is 0 Å². The van der Waals surface area contributed by atoms with Gasteiger partial charge in [0.25, 0.3) is 11.2 Å². The molecular weight excluding hydrogens is 396 g/mol. The molecule has 0 saturated carbocycles. The Morgan fingerprint density at radius 2 is 1.68 bits per heavy atom. The highest BCUT2D eigenvalue weighted by atomic mass is 16.6. The number of amides is 1. The molecular formula is C23H18N4O4. The Bertz CT molecular complexity index is 1330. The molecule has 0 bridgehead atoms. The molecule has 8 nitrogen and oxygen atoms in total. The van der Waals surface area contributed by atoms with Gasteiger partial charge >= 0.3 is 0 Å². The number of carbonyl (C=O) groups is 1. The number of carbonyl (C=O) groups excluding carboxylic acids is 1. The van der Waals surface area contributed by atoms with E-state index >= 15 is 0 Å². The average molecular weight is 414 g/mol. The van der Waals surface area contributed by atoms with E-state index in [1.807, 2.05) is 30.3 Å². The van der Waals surface area contributed by atoms with Crippen LogP contribution < -0.4 is 10.9 Å². The zero-order valence-corrected chi connectivity index (χ0v) is 16.4. The number of nitro groups is 1. The van der Waals surface area contributed by atoms with Crippen LogP contribution in [-0.4, -0.2) is 20.6 Å². The van der Waals surface area contributed by atoms with Crippen molar-refractivity contribution in [1.29, 1.82) is 0 Å². The quantitative estimate of drug-likeness (QED) is 0.385. The summed E-state index contributed by atoms with van der Waals surface area (Å²) in [7, 11) is 0. The van der Waals surface area contributed by atoms with Crippen LogP contribution in [0, 0.1) is 10.1 Å². The first-order valence-electron chi connectivity index (χ1n) is 9.58. The van der Waals surface area contributed by atoms with Gasteiger partial charge in [-0.05, 0) is 11.6 Å². The van der Waals surface area contributed by atoms with Crippen molar-refractivity contribution in [2.45, 2.75) is 13.1 Å². The lowest BCUT2D eigenvalue weighted by Gasteiger charge is -2.11. The first-order chi connectivity index (χ1) is 15.0. The van der Waals surface area contributed by atoms with Crippen molar-refractivity contribution in [3.05, 3.63) is 105 Å². The minimum atomic E-state index is -0.487. The molecule has 0 aliphatic carbocycles. The van der Waals surface area contributed by atoms with Crippen molar-refractivity contribution in [2.24, 2.45) is 0 Å². The van der Waals surface area contributed by atoms with Gasteiger partial charge < -0.3 is 5.32 Å². The highest BCUT2D eigenvalue weighted by Crippen LogP contribution is 2.27. The highest BCUT2D eigenvalue weighted by molar-refractivity contribution is 5.94. The number of nitrogens with one attached hydrogen (secondary N) is 1. The second kappa shape index (κ2) is 8.58. The number of nitro benzene ring substituents is 1. The summed E-state index contributed by atoms with van der Waals surface area (Å²) >= 11 is 0. The summed E-state index contributed by atoms with van der Waals surface area (Å²) in [5.74, 6) is -0.362. The monoisotopic (exact) mass is 414 g/mol. The van der Waals surface area contributed by atoms with E-state index in [1.165, 1.54) is 12.1 Å². The van der Waals surface area contributed by atoms with E-state index in [0.717, 1.165) is 10.2 Å². The molecule has 1 aromatic heterocycles. The summed E-state index contributed by atoms with van der Waals surface area (Å²) in [4.78, 5) is 36.1. The van der Waals surface area contributed by atoms with E-state index in [-0.39, 0.29) is 18.1 Å². The minimum absolute atomic E-state index is 0.0817. The second-order valence-electron chi connectivity index (χ2n) is 6.93. The first kappa shape index (κ1) is 20.0. The molecule has 1 amide bonds. The lowest BCUT2D eigenvalue weighted by Crippen LogP contribution is -2.33. The van der Waals surface area contributed by atoms with Crippen LogP contribution in [0.3, 0.4) is 0 Å². The third kappa shape index (κ3) is 4.32. The van der Waals surface area contributed by atoms with E-state index in [4.69, 9.17) is 0 Å². The van der Waals surface area contributed by atoms with Crippen molar-refractivity contribution in [3.63, 3.8) is 0 Å². The SMILES string of the molecule is O=C(Cn1nc(-c2cccc([N+](=O)[O-])c2)c2ccccc2c1=O)NCc1ccccc1. The van der Waals surface area contributed by atoms with E-state index in [1.54, 1.807) is 36.4 Å². The fourth-order valence-electron chi connectivity index (χ4n) is 3.31. The third-order valence-electron chi connectivity index (χ3n) is 4.82. The normalized spacial score (nSPS) is 10.7. The van der Waals surface area contributed by atoms with E-state index in [2.05, 4.69) is 10.4 Å². The Kier molecular flexibility index (Phi) is 5.53. The Hall–Kier alpha value is -4.33. The van der Waals surface area contributed by atoms with Crippen LogP contribution in [0.5, 0.6) is 0 Å². The van der Waals surface area contributed by atoms with E-state index < -0.39 is 10.5 Å². The fourth-order valence-corrected chi connectivity index (χ4v) is 3.31. The highest BCUT2D eigenvalue weighted by Gasteiger charge is 2.16. The average Bonchev–Trinajstić information content (AvgIpc) is 2.80. The van der Waals surface area contributed by atoms with Crippen LogP contribution in [-0.2, 0) is 17.9 Å². The van der Waals surface area contributed by atoms with Crippen molar-refractivity contribution in [1.82, 2.24) is 15.1 Å². The van der Waals surface area contributed by atoms with Gasteiger partial charge in [-0.25, -0.2) is 4.68 Å². The molecule has 0 fully saturated rings. The summed E-state index contributed by atoms with van der Waals surface area (Å²) in [5, 5.41) is 19.3. The van der Waals surface area contributed by atoms with Crippen molar-refractivity contribution >= 4 is 22.4 Å². The predicted molar refractivity (Wildman–Crippen MR) is 116 cm³/mol. The van der Waals surface area contributed by atoms with E-state index in [0.29, 0.717) is 28.6 Å². The molecule has 4 rings (SSSR count). The molecule has 0 unspecified atom stereocenters. The van der Waals surface area contributed by atoms with Crippen molar-refractivity contribution in [3.8, 4) is 11.3 Å². The summed E-state index contributed by atoms with van der Waals surface area (Å²) in [6.07, 6.45) is 0. The maximum absolute atomic E-state index is 12.9. The van der Waals surface area contributed by atoms with Crippen LogP contribution in [0.15, 0.2) is 83.7 Å². The predicted octanol–water partition coefficient (Wildman–Crippen LogP) is 3.29. The molecule has 3 aromatic carbocycles. The van der Waals surface area contributed by atoms with Gasteiger partial charge in [-0.3, -0.25) is 19.7 Å². The Balaban J connectivity index is 1.70. The van der Waals surface area contributed by atoms with Gasteiger partial charge in [-0.15, -0.1) is 0 Å². The largest absolute Gasteiger partial charge is 0.350 e. The molecule has 0 aliphatic rings. The molecule has 154 valence electrons. The standard InChI is InChI=1S/C23H18N4O4/c28-21(24-14-16-7-2-1-3-8-16)15-26-23(29)20-12-5-4-11-19(20)22(25-26)17-9-6-10-18(13-17)27(30)31/h1-13H,14-15H2,(H,24,28). The molecule has 0 atom stereocenters. The van der Waals surface area contributed by atoms with Crippen molar-refractivity contribution < 1.29 is 9.72 Å². The smallest absolute Gasteiger partial charge is 0.275 e. The number of nitrogens with zero attached hydrogens (tertiary/aromatic N) is 3. The maximum Gasteiger partial charge on any atom is 0.275 e. The zero-order chi connectivity index (χ0) is 21.8. The maximum atomic E-state index is 12.9. The minimum Gasteiger partial charge on any atom is -0.350 e. The van der Waals surface area contributed by atoms with Gasteiger partial charge in [0.15, 0.2) is 0 Å². The molecule has 0 spiro atoms. The van der Waals surface area contributed by atoms with Crippen LogP contribution in [0.25, 0.3) is 22.0 Å². The Morgan fingerprint density at radius 1 is 0.968 bits per heavy atom. The molecule has 4 aromatic rings. The number of hydrogen-bond acceptors (Lipinski definition) is 5. The Labute approximate surface area is 176 Å². The van der Waals surface area contributed by atoms with Gasteiger partial charge in [-0.2, -0.15) is 5.10 Å². The second-order valence-corrected chi connectivity index (χ2v) is 6.93. The lowest BCUT2D eigenvalue weighted by molar-refractivity contribution is -0.384. The summed E-state index contributed by atoms with van der Waals surface area (Å²) in [6, 6.07) is 22.3. The fraction of sp³-hybridized carbons (Fsp3) is 0.0870. The van der Waals surface area contributed by atoms with Gasteiger partial charge in [0, 0.05) is 29.6 Å². The number of benzene rings is 3. The number of aromatic nitrogens is 2. The molecule has 1 N–H and O–H groups in total. The topological polar surface area (TPSA) is 107 Å². The molecule has 0 saturated heterocycles. The van der Waals surface area contributed by atoms with Crippen molar-refractivity contribution in [2.75, 3.05) is 0 Å². The summed E-state index contributed by atoms with van der Waals surface area (Å²) in [6.45, 7) is 0.0676. The zero-order valence-electron chi connectivity index (χ0n) is 16.4. The Morgan fingerprint density at radius 3 is 2.42 bits per heavy atom. The lowest BCUT2D eigenvalue weighted by atomic mass is 10.0. The van der Waals surface area contributed by atoms with Gasteiger partial charge in [0.2, 0.25) is 5.91 Å². The molecule has 0 aliphatic heterocycles. The first-order valence-corrected chi connectivity index (χ1v) is 9.58. The number of rotatable bonds is 6. The van der Waals surface area contributed by atoms with Crippen LogP contribution in [0.1, 0.15) is 5.56 Å². The number of fused-ring (bicyclic) bond motifs is 1. The van der Waals surface area contributed by atoms with Gasteiger partial charge in [0.05, 0.1) is 16.0 Å². The number of non-ortho nitro benzene ring substituents is 1. The molecule has 0 radical (unpaired) electrons. The third-order valence-corrected chi connectivity index (χ3v) is 4.82. The van der Waals surface area contributed by atoms with E-state index in [9.17, 15) is 19.7 Å². The summed E-state index contributed by atoms with van der Waals surface area (Å²) in [5.41, 5.74) is 1.34. The molecule has 31 heavy (non-hydrogen) atoms. The van der Waals surface area contributed by atoms with Gasteiger partial charge in [-0.1, -0.05) is 60.7 Å². The van der Waals surface area contributed by atoms with Gasteiger partial charge in [0.1, 0.15) is 6.54 Å². The number of hydrogen-bond donors (Lipinski definition) is 1.